The van der Waals surface area contributed by atoms with E-state index < -0.39 is 0 Å². The molecule has 5 nitrogen and oxygen atoms in total. The SMILES string of the molecule is CNc1ncc(C(=O)N2CCC[C@@H]2COc2ccccc2)s1. The molecule has 2 heterocycles. The molecule has 1 aliphatic rings. The number of rotatable bonds is 5. The number of benzene rings is 1. The van der Waals surface area contributed by atoms with Gasteiger partial charge in [0.05, 0.1) is 12.2 Å². The molecule has 116 valence electrons. The predicted octanol–water partition coefficient (Wildman–Crippen LogP) is 2.87. The van der Waals surface area contributed by atoms with Crippen LogP contribution in [-0.4, -0.2) is 42.0 Å². The Kier molecular flexibility index (Phi) is 4.58. The molecule has 0 unspecified atom stereocenters. The number of hydrogen-bond donors (Lipinski definition) is 1. The Morgan fingerprint density at radius 3 is 3.00 bits per heavy atom. The van der Waals surface area contributed by atoms with Crippen molar-refractivity contribution in [1.82, 2.24) is 9.88 Å². The summed E-state index contributed by atoms with van der Waals surface area (Å²) in [6.45, 7) is 1.32. The van der Waals surface area contributed by atoms with Crippen LogP contribution in [0.15, 0.2) is 36.5 Å². The van der Waals surface area contributed by atoms with E-state index >= 15 is 0 Å². The van der Waals surface area contributed by atoms with Gasteiger partial charge in [-0.25, -0.2) is 4.98 Å². The lowest BCUT2D eigenvalue weighted by Crippen LogP contribution is -2.38. The Balaban J connectivity index is 1.63. The monoisotopic (exact) mass is 317 g/mol. The highest BCUT2D eigenvalue weighted by Crippen LogP contribution is 2.25. The van der Waals surface area contributed by atoms with Gasteiger partial charge in [-0.05, 0) is 25.0 Å². The number of nitrogens with zero attached hydrogens (tertiary/aromatic N) is 2. The summed E-state index contributed by atoms with van der Waals surface area (Å²) in [5.74, 6) is 0.898. The lowest BCUT2D eigenvalue weighted by atomic mass is 10.2. The zero-order valence-electron chi connectivity index (χ0n) is 12.5. The fourth-order valence-electron chi connectivity index (χ4n) is 2.62. The average Bonchev–Trinajstić information content (AvgIpc) is 3.22. The van der Waals surface area contributed by atoms with Crippen LogP contribution in [0.5, 0.6) is 5.75 Å². The van der Waals surface area contributed by atoms with E-state index in [4.69, 9.17) is 4.74 Å². The molecule has 3 rings (SSSR count). The lowest BCUT2D eigenvalue weighted by Gasteiger charge is -2.24. The first kappa shape index (κ1) is 14.8. The second-order valence-corrected chi connectivity index (χ2v) is 6.23. The first-order valence-corrected chi connectivity index (χ1v) is 8.22. The highest BCUT2D eigenvalue weighted by molar-refractivity contribution is 7.17. The smallest absolute Gasteiger partial charge is 0.266 e. The molecule has 2 aromatic rings. The van der Waals surface area contributed by atoms with Crippen LogP contribution in [0.2, 0.25) is 0 Å². The van der Waals surface area contributed by atoms with E-state index in [0.717, 1.165) is 30.3 Å². The number of nitrogens with one attached hydrogen (secondary N) is 1. The van der Waals surface area contributed by atoms with Gasteiger partial charge in [0.25, 0.3) is 5.91 Å². The van der Waals surface area contributed by atoms with Gasteiger partial charge in [0.15, 0.2) is 5.13 Å². The fourth-order valence-corrected chi connectivity index (χ4v) is 3.34. The van der Waals surface area contributed by atoms with Crippen LogP contribution in [0.1, 0.15) is 22.5 Å². The van der Waals surface area contributed by atoms with Crippen LogP contribution in [0, 0.1) is 0 Å². The van der Waals surface area contributed by atoms with Gasteiger partial charge >= 0.3 is 0 Å². The maximum absolute atomic E-state index is 12.6. The number of ether oxygens (including phenoxy) is 1. The summed E-state index contributed by atoms with van der Waals surface area (Å²) >= 11 is 1.39. The van der Waals surface area contributed by atoms with Crippen molar-refractivity contribution in [2.45, 2.75) is 18.9 Å². The first-order chi connectivity index (χ1) is 10.8. The molecule has 0 spiro atoms. The molecule has 6 heteroatoms. The van der Waals surface area contributed by atoms with E-state index in [1.165, 1.54) is 11.3 Å². The van der Waals surface area contributed by atoms with E-state index in [1.54, 1.807) is 13.2 Å². The number of amides is 1. The molecular weight excluding hydrogens is 298 g/mol. The van der Waals surface area contributed by atoms with Crippen LogP contribution in [0.25, 0.3) is 0 Å². The number of carbonyl (C=O) groups is 1. The summed E-state index contributed by atoms with van der Waals surface area (Å²) in [6, 6.07) is 9.86. The second kappa shape index (κ2) is 6.79. The third-order valence-electron chi connectivity index (χ3n) is 3.75. The molecule has 1 atom stereocenters. The highest BCUT2D eigenvalue weighted by Gasteiger charge is 2.30. The minimum Gasteiger partial charge on any atom is -0.491 e. The maximum Gasteiger partial charge on any atom is 0.266 e. The molecule has 0 bridgehead atoms. The van der Waals surface area contributed by atoms with Gasteiger partial charge in [-0.3, -0.25) is 4.79 Å². The van der Waals surface area contributed by atoms with Crippen molar-refractivity contribution < 1.29 is 9.53 Å². The Hall–Kier alpha value is -2.08. The zero-order chi connectivity index (χ0) is 15.4. The zero-order valence-corrected chi connectivity index (χ0v) is 13.3. The first-order valence-electron chi connectivity index (χ1n) is 7.40. The number of aromatic nitrogens is 1. The van der Waals surface area contributed by atoms with E-state index in [2.05, 4.69) is 10.3 Å². The second-order valence-electron chi connectivity index (χ2n) is 5.20. The van der Waals surface area contributed by atoms with E-state index in [0.29, 0.717) is 11.5 Å². The van der Waals surface area contributed by atoms with Crippen molar-refractivity contribution in [3.63, 3.8) is 0 Å². The lowest BCUT2D eigenvalue weighted by molar-refractivity contribution is 0.0696. The minimum absolute atomic E-state index is 0.0539. The fraction of sp³-hybridized carbons (Fsp3) is 0.375. The summed E-state index contributed by atoms with van der Waals surface area (Å²) in [6.07, 6.45) is 3.65. The summed E-state index contributed by atoms with van der Waals surface area (Å²) in [5.41, 5.74) is 0. The van der Waals surface area contributed by atoms with Crippen molar-refractivity contribution in [2.24, 2.45) is 0 Å². The number of anilines is 1. The Morgan fingerprint density at radius 2 is 2.27 bits per heavy atom. The van der Waals surface area contributed by atoms with Crippen molar-refractivity contribution in [2.75, 3.05) is 25.5 Å². The van der Waals surface area contributed by atoms with Gasteiger partial charge in [0.2, 0.25) is 0 Å². The van der Waals surface area contributed by atoms with E-state index in [9.17, 15) is 4.79 Å². The number of carbonyl (C=O) groups excluding carboxylic acids is 1. The van der Waals surface area contributed by atoms with Gasteiger partial charge in [0, 0.05) is 13.6 Å². The largest absolute Gasteiger partial charge is 0.491 e. The topological polar surface area (TPSA) is 54.5 Å². The molecular formula is C16H19N3O2S. The van der Waals surface area contributed by atoms with Crippen LogP contribution in [-0.2, 0) is 0 Å². The van der Waals surface area contributed by atoms with Gasteiger partial charge < -0.3 is 15.0 Å². The van der Waals surface area contributed by atoms with Crippen molar-refractivity contribution >= 4 is 22.4 Å². The minimum atomic E-state index is 0.0539. The molecule has 1 aromatic heterocycles. The van der Waals surface area contributed by atoms with Gasteiger partial charge in [0.1, 0.15) is 17.2 Å². The summed E-state index contributed by atoms with van der Waals surface area (Å²) < 4.78 is 5.81. The van der Waals surface area contributed by atoms with Gasteiger partial charge in [-0.1, -0.05) is 29.5 Å². The quantitative estimate of drug-likeness (QED) is 0.921. The number of thiazole rings is 1. The molecule has 1 aliphatic heterocycles. The standard InChI is InChI=1S/C16H19N3O2S/c1-17-16-18-10-14(22-16)15(20)19-9-5-6-12(19)11-21-13-7-3-2-4-8-13/h2-4,7-8,10,12H,5-6,9,11H2,1H3,(H,17,18)/t12-/m1/s1. The Labute approximate surface area is 133 Å². The summed E-state index contributed by atoms with van der Waals surface area (Å²) in [5, 5.41) is 3.73. The van der Waals surface area contributed by atoms with Crippen molar-refractivity contribution in [1.29, 1.82) is 0 Å². The molecule has 1 amide bonds. The molecule has 1 fully saturated rings. The van der Waals surface area contributed by atoms with E-state index in [1.807, 2.05) is 35.2 Å². The number of para-hydroxylation sites is 1. The number of likely N-dealkylation sites (tertiary alicyclic amines) is 1. The maximum atomic E-state index is 12.6. The third-order valence-corrected chi connectivity index (χ3v) is 4.76. The molecule has 0 aliphatic carbocycles. The summed E-state index contributed by atoms with van der Waals surface area (Å²) in [4.78, 5) is 19.4. The molecule has 0 radical (unpaired) electrons. The van der Waals surface area contributed by atoms with Crippen molar-refractivity contribution in [3.05, 3.63) is 41.4 Å². The third kappa shape index (κ3) is 3.22. The normalized spacial score (nSPS) is 17.5. The predicted molar refractivity (Wildman–Crippen MR) is 87.7 cm³/mol. The van der Waals surface area contributed by atoms with E-state index in [-0.39, 0.29) is 11.9 Å². The van der Waals surface area contributed by atoms with Crippen LogP contribution < -0.4 is 10.1 Å². The van der Waals surface area contributed by atoms with Gasteiger partial charge in [-0.2, -0.15) is 0 Å². The van der Waals surface area contributed by atoms with Crippen LogP contribution in [0.3, 0.4) is 0 Å². The average molecular weight is 317 g/mol. The van der Waals surface area contributed by atoms with Gasteiger partial charge in [-0.15, -0.1) is 0 Å². The van der Waals surface area contributed by atoms with Crippen LogP contribution >= 0.6 is 11.3 Å². The molecule has 22 heavy (non-hydrogen) atoms. The van der Waals surface area contributed by atoms with Crippen LogP contribution in [0.4, 0.5) is 5.13 Å². The molecule has 0 saturated carbocycles. The Bertz CT molecular complexity index is 629. The Morgan fingerprint density at radius 1 is 1.45 bits per heavy atom. The highest BCUT2D eigenvalue weighted by atomic mass is 32.1. The molecule has 1 saturated heterocycles. The molecule has 1 aromatic carbocycles. The number of hydrogen-bond acceptors (Lipinski definition) is 5. The summed E-state index contributed by atoms with van der Waals surface area (Å²) in [7, 11) is 1.81. The van der Waals surface area contributed by atoms with Crippen molar-refractivity contribution in [3.8, 4) is 5.75 Å². The molecule has 1 N–H and O–H groups in total.